The van der Waals surface area contributed by atoms with Crippen molar-refractivity contribution in [2.45, 2.75) is 107 Å². The van der Waals surface area contributed by atoms with Gasteiger partial charge in [-0.3, -0.25) is 19.1 Å². The quantitative estimate of drug-likeness (QED) is 0.203. The third-order valence-electron chi connectivity index (χ3n) is 10.6. The van der Waals surface area contributed by atoms with Crippen LogP contribution in [0.4, 0.5) is 26.6 Å². The number of hydrogen-bond acceptors (Lipinski definition) is 12. The van der Waals surface area contributed by atoms with E-state index >= 15 is 0 Å². The number of halogens is 1. The van der Waals surface area contributed by atoms with Crippen LogP contribution < -0.4 is 30.3 Å². The summed E-state index contributed by atoms with van der Waals surface area (Å²) >= 11 is 0. The fourth-order valence-electron chi connectivity index (χ4n) is 7.11. The maximum atomic E-state index is 14.6. The topological polar surface area (TPSA) is 201 Å². The largest absolute Gasteiger partial charge is 0.472 e. The molecule has 4 amide bonds. The highest BCUT2D eigenvalue weighted by atomic mass is 32.2. The molecule has 5 atom stereocenters. The van der Waals surface area contributed by atoms with E-state index in [2.05, 4.69) is 37.2 Å². The molecule has 0 unspecified atom stereocenters. The Morgan fingerprint density at radius 2 is 1.73 bits per heavy atom. The van der Waals surface area contributed by atoms with E-state index in [1.807, 2.05) is 0 Å². The number of benzene rings is 1. The van der Waals surface area contributed by atoms with Crippen LogP contribution >= 0.6 is 0 Å². The first-order valence-electron chi connectivity index (χ1n) is 18.9. The first kappa shape index (κ1) is 40.7. The Labute approximate surface area is 326 Å². The smallest absolute Gasteiger partial charge is 0.408 e. The van der Waals surface area contributed by atoms with Gasteiger partial charge < -0.3 is 35.2 Å². The molecule has 56 heavy (non-hydrogen) atoms. The zero-order valence-electron chi connectivity index (χ0n) is 32.3. The number of ether oxygens (including phenoxy) is 2. The van der Waals surface area contributed by atoms with Gasteiger partial charge in [-0.2, -0.15) is 9.97 Å². The predicted octanol–water partition coefficient (Wildman–Crippen LogP) is 3.53. The van der Waals surface area contributed by atoms with E-state index in [1.165, 1.54) is 35.2 Å². The average Bonchev–Trinajstić information content (AvgIpc) is 4.01. The molecule has 1 saturated heterocycles. The number of carbonyl (C=O) groups is 4. The molecule has 0 spiro atoms. The van der Waals surface area contributed by atoms with Crippen molar-refractivity contribution >= 4 is 51.3 Å². The normalized spacial score (nSPS) is 24.1. The summed E-state index contributed by atoms with van der Waals surface area (Å²) in [6.07, 6.45) is 3.99. The van der Waals surface area contributed by atoms with Crippen molar-refractivity contribution in [2.24, 2.45) is 11.3 Å². The van der Waals surface area contributed by atoms with Crippen LogP contribution in [-0.4, -0.2) is 103 Å². The first-order valence-corrected chi connectivity index (χ1v) is 20.5. The number of sulfonamides is 1. The highest BCUT2D eigenvalue weighted by molar-refractivity contribution is 7.91. The molecular formula is C38H51FN8O8S. The number of alkyl carbamates (subject to hydrolysis) is 1. The third-order valence-corrected chi connectivity index (χ3v) is 12.4. The number of anilines is 3. The Hall–Kier alpha value is -5.00. The van der Waals surface area contributed by atoms with Crippen molar-refractivity contribution in [1.82, 2.24) is 30.2 Å². The molecular weight excluding hydrogens is 748 g/mol. The van der Waals surface area contributed by atoms with E-state index in [1.54, 1.807) is 45.8 Å². The predicted molar refractivity (Wildman–Crippen MR) is 205 cm³/mol. The van der Waals surface area contributed by atoms with E-state index in [-0.39, 0.29) is 37.3 Å². The van der Waals surface area contributed by atoms with Gasteiger partial charge in [-0.05, 0) is 74.6 Å². The molecule has 4 aliphatic rings. The second-order valence-electron chi connectivity index (χ2n) is 16.3. The zero-order chi connectivity index (χ0) is 40.6. The van der Waals surface area contributed by atoms with Gasteiger partial charge in [0.05, 0.1) is 11.8 Å². The molecule has 16 nitrogen and oxygen atoms in total. The second kappa shape index (κ2) is 15.9. The number of nitrogens with one attached hydrogen (secondary N) is 4. The fraction of sp³-hybridized carbons (Fsp3) is 0.579. The molecule has 1 aliphatic heterocycles. The number of likely N-dealkylation sites (tertiary alicyclic amines) is 1. The maximum Gasteiger partial charge on any atom is 0.408 e. The number of amides is 4. The molecule has 2 aromatic rings. The highest BCUT2D eigenvalue weighted by Gasteiger charge is 2.62. The molecule has 304 valence electrons. The third kappa shape index (κ3) is 9.33. The molecule has 4 N–H and O–H groups in total. The Kier molecular flexibility index (Phi) is 11.5. The molecule has 3 saturated carbocycles. The monoisotopic (exact) mass is 798 g/mol. The standard InChI is InChI=1S/C38H51FN8O8S/c1-7-22-20-38(22,34(50)45-56(52,53)27-16-17-27)44-32(48)28-18-26(21-47(28)33(49)31(37(2,3)4)43-36(51)55-25-10-8-9-11-25)54-30-19-29(46(5)6)41-35(42-30)40-24-14-12-23(39)13-15-24/h7,12-15,19,22,25-28,31H,1,8-11,16-18,20-21H2,2-6H3,(H,43,51)(H,44,48)(H,45,50)(H,40,41,42)/t22-,26-,28+,31-,38-/m1/s1. The van der Waals surface area contributed by atoms with Crippen LogP contribution in [0.5, 0.6) is 5.88 Å². The van der Waals surface area contributed by atoms with Crippen molar-refractivity contribution in [2.75, 3.05) is 30.9 Å². The van der Waals surface area contributed by atoms with E-state index in [0.717, 1.165) is 25.7 Å². The minimum atomic E-state index is -3.93. The van der Waals surface area contributed by atoms with E-state index in [4.69, 9.17) is 9.47 Å². The number of aromatic nitrogens is 2. The molecule has 1 aromatic heterocycles. The van der Waals surface area contributed by atoms with Crippen molar-refractivity contribution in [3.05, 3.63) is 48.8 Å². The summed E-state index contributed by atoms with van der Waals surface area (Å²) in [5.74, 6) is -2.37. The minimum Gasteiger partial charge on any atom is -0.472 e. The lowest BCUT2D eigenvalue weighted by atomic mass is 9.85. The number of hydrogen-bond donors (Lipinski definition) is 4. The Morgan fingerprint density at radius 1 is 1.05 bits per heavy atom. The van der Waals surface area contributed by atoms with Gasteiger partial charge in [0.15, 0.2) is 0 Å². The van der Waals surface area contributed by atoms with Crippen LogP contribution in [-0.2, 0) is 29.1 Å². The van der Waals surface area contributed by atoms with Crippen molar-refractivity contribution in [1.29, 1.82) is 0 Å². The number of rotatable bonds is 14. The minimum absolute atomic E-state index is 0.0419. The molecule has 3 aliphatic carbocycles. The average molecular weight is 799 g/mol. The van der Waals surface area contributed by atoms with Crippen LogP contribution in [0.25, 0.3) is 0 Å². The Balaban J connectivity index is 1.27. The molecule has 1 aromatic carbocycles. The molecule has 6 rings (SSSR count). The van der Waals surface area contributed by atoms with Crippen LogP contribution in [0, 0.1) is 17.2 Å². The van der Waals surface area contributed by atoms with Crippen LogP contribution in [0.3, 0.4) is 0 Å². The summed E-state index contributed by atoms with van der Waals surface area (Å²) in [7, 11) is -0.375. The fourth-order valence-corrected chi connectivity index (χ4v) is 8.47. The summed E-state index contributed by atoms with van der Waals surface area (Å²) in [4.78, 5) is 67.6. The SMILES string of the molecule is C=C[C@@H]1C[C@]1(NC(=O)[C@@H]1C[C@@H](Oc2cc(N(C)C)nc(Nc3ccc(F)cc3)n2)CN1C(=O)[C@@H](NC(=O)OC1CCCC1)C(C)(C)C)C(=O)NS(=O)(=O)C1CC1. The van der Waals surface area contributed by atoms with Crippen molar-refractivity contribution < 1.29 is 41.5 Å². The van der Waals surface area contributed by atoms with Crippen LogP contribution in [0.15, 0.2) is 43.0 Å². The first-order chi connectivity index (χ1) is 26.4. The van der Waals surface area contributed by atoms with Gasteiger partial charge in [-0.15, -0.1) is 6.58 Å². The second-order valence-corrected chi connectivity index (χ2v) is 18.3. The Morgan fingerprint density at radius 3 is 2.32 bits per heavy atom. The van der Waals surface area contributed by atoms with Gasteiger partial charge in [0.1, 0.15) is 41.5 Å². The van der Waals surface area contributed by atoms with E-state index < -0.39 is 80.0 Å². The summed E-state index contributed by atoms with van der Waals surface area (Å²) in [6, 6.07) is 4.90. The molecule has 2 heterocycles. The molecule has 18 heteroatoms. The van der Waals surface area contributed by atoms with Gasteiger partial charge in [-0.1, -0.05) is 26.8 Å². The Bertz CT molecular complexity index is 1950. The van der Waals surface area contributed by atoms with E-state index in [0.29, 0.717) is 24.3 Å². The van der Waals surface area contributed by atoms with Crippen LogP contribution in [0.2, 0.25) is 0 Å². The van der Waals surface area contributed by atoms with Gasteiger partial charge in [-0.25, -0.2) is 17.6 Å². The summed E-state index contributed by atoms with van der Waals surface area (Å²) in [5.41, 5.74) is -1.89. The van der Waals surface area contributed by atoms with Crippen LogP contribution in [0.1, 0.15) is 72.1 Å². The van der Waals surface area contributed by atoms with Gasteiger partial charge in [0.2, 0.25) is 33.7 Å². The molecule has 0 bridgehead atoms. The van der Waals surface area contributed by atoms with Gasteiger partial charge >= 0.3 is 6.09 Å². The highest BCUT2D eigenvalue weighted by Crippen LogP contribution is 2.45. The lowest BCUT2D eigenvalue weighted by Crippen LogP contribution is -2.60. The lowest BCUT2D eigenvalue weighted by Gasteiger charge is -2.35. The lowest BCUT2D eigenvalue weighted by molar-refractivity contribution is -0.143. The van der Waals surface area contributed by atoms with E-state index in [9.17, 15) is 32.0 Å². The number of carbonyl (C=O) groups excluding carboxylic acids is 4. The summed E-state index contributed by atoms with van der Waals surface area (Å²) in [6.45, 7) is 9.00. The van der Waals surface area contributed by atoms with Gasteiger partial charge in [0.25, 0.3) is 5.91 Å². The maximum absolute atomic E-state index is 14.6. The zero-order valence-corrected chi connectivity index (χ0v) is 33.2. The molecule has 4 fully saturated rings. The van der Waals surface area contributed by atoms with Gasteiger partial charge in [0, 0.05) is 38.2 Å². The summed E-state index contributed by atoms with van der Waals surface area (Å²) in [5, 5.41) is 7.90. The van der Waals surface area contributed by atoms with Crippen molar-refractivity contribution in [3.8, 4) is 5.88 Å². The number of nitrogens with zero attached hydrogens (tertiary/aromatic N) is 4. The molecule has 0 radical (unpaired) electrons. The van der Waals surface area contributed by atoms with Crippen molar-refractivity contribution in [3.63, 3.8) is 0 Å². The summed E-state index contributed by atoms with van der Waals surface area (Å²) < 4.78 is 53.2.